The lowest BCUT2D eigenvalue weighted by Crippen LogP contribution is -2.07. The van der Waals surface area contributed by atoms with Gasteiger partial charge >= 0.3 is 0 Å². The first-order valence-electron chi connectivity index (χ1n) is 4.62. The van der Waals surface area contributed by atoms with Crippen LogP contribution in [0.4, 0.5) is 0 Å². The van der Waals surface area contributed by atoms with Crippen molar-refractivity contribution in [1.82, 2.24) is 0 Å². The second-order valence-electron chi connectivity index (χ2n) is 3.76. The minimum Gasteiger partial charge on any atom is -0.495 e. The highest BCUT2D eigenvalue weighted by Gasteiger charge is 2.43. The molecule has 2 rings (SSSR count). The minimum absolute atomic E-state index is 0.192. The van der Waals surface area contributed by atoms with Gasteiger partial charge in [0, 0.05) is 11.3 Å². The topological polar surface area (TPSA) is 9.23 Å². The number of hydrogen-bond donors (Lipinski definition) is 0. The van der Waals surface area contributed by atoms with E-state index in [-0.39, 0.29) is 5.41 Å². The predicted octanol–water partition coefficient (Wildman–Crippen LogP) is 3.62. The van der Waals surface area contributed by atoms with Crippen LogP contribution in [0.25, 0.3) is 0 Å². The molecule has 1 aromatic rings. The van der Waals surface area contributed by atoms with E-state index in [4.69, 9.17) is 27.9 Å². The van der Waals surface area contributed by atoms with Crippen LogP contribution in [0.3, 0.4) is 0 Å². The lowest BCUT2D eigenvalue weighted by molar-refractivity contribution is 0.414. The molecule has 0 bridgehead atoms. The molecule has 1 aromatic carbocycles. The normalized spacial score (nSPS) is 17.9. The molecular weight excluding hydrogens is 219 g/mol. The third-order valence-electron chi connectivity index (χ3n) is 2.87. The number of alkyl halides is 1. The summed E-state index contributed by atoms with van der Waals surface area (Å²) in [5.74, 6) is 1.40. The lowest BCUT2D eigenvalue weighted by Gasteiger charge is -2.13. The van der Waals surface area contributed by atoms with E-state index in [0.717, 1.165) is 5.75 Å². The maximum Gasteiger partial charge on any atom is 0.137 e. The molecule has 76 valence electrons. The molecule has 0 atom stereocenters. The Balaban J connectivity index is 2.33. The van der Waals surface area contributed by atoms with Gasteiger partial charge in [-0.2, -0.15) is 0 Å². The molecule has 0 amide bonds. The maximum absolute atomic E-state index is 6.05. The Morgan fingerprint density at radius 1 is 1.43 bits per heavy atom. The Hall–Kier alpha value is -0.400. The standard InChI is InChI=1S/C11H12Cl2O/c1-14-10-3-2-8(6-9(10)13)11(7-12)4-5-11/h2-3,6H,4-5,7H2,1H3. The molecule has 14 heavy (non-hydrogen) atoms. The Morgan fingerprint density at radius 2 is 2.14 bits per heavy atom. The third-order valence-corrected chi connectivity index (χ3v) is 3.68. The van der Waals surface area contributed by atoms with Crippen LogP contribution in [0.5, 0.6) is 5.75 Å². The molecule has 1 nitrogen and oxygen atoms in total. The van der Waals surface area contributed by atoms with Crippen molar-refractivity contribution >= 4 is 23.2 Å². The van der Waals surface area contributed by atoms with Crippen molar-refractivity contribution in [3.8, 4) is 5.75 Å². The summed E-state index contributed by atoms with van der Waals surface area (Å²) >= 11 is 12.0. The van der Waals surface area contributed by atoms with Crippen molar-refractivity contribution in [3.05, 3.63) is 28.8 Å². The van der Waals surface area contributed by atoms with Gasteiger partial charge < -0.3 is 4.74 Å². The highest BCUT2D eigenvalue weighted by molar-refractivity contribution is 6.32. The Kier molecular flexibility index (Phi) is 2.63. The summed E-state index contributed by atoms with van der Waals surface area (Å²) in [5.41, 5.74) is 1.43. The van der Waals surface area contributed by atoms with E-state index < -0.39 is 0 Å². The lowest BCUT2D eigenvalue weighted by atomic mass is 9.98. The number of rotatable bonds is 3. The number of hydrogen-bond acceptors (Lipinski definition) is 1. The van der Waals surface area contributed by atoms with Crippen LogP contribution >= 0.6 is 23.2 Å². The van der Waals surface area contributed by atoms with Crippen LogP contribution in [0.15, 0.2) is 18.2 Å². The molecule has 3 heteroatoms. The molecule has 1 aliphatic rings. The molecule has 1 fully saturated rings. The number of benzene rings is 1. The SMILES string of the molecule is COc1ccc(C2(CCl)CC2)cc1Cl. The molecule has 0 unspecified atom stereocenters. The molecule has 0 N–H and O–H groups in total. The Labute approximate surface area is 94.0 Å². The smallest absolute Gasteiger partial charge is 0.137 e. The highest BCUT2D eigenvalue weighted by Crippen LogP contribution is 2.50. The number of methoxy groups -OCH3 is 1. The number of ether oxygens (including phenoxy) is 1. The van der Waals surface area contributed by atoms with E-state index in [2.05, 4.69) is 6.07 Å². The first kappa shape index (κ1) is 10.1. The van der Waals surface area contributed by atoms with E-state index >= 15 is 0 Å². The summed E-state index contributed by atoms with van der Waals surface area (Å²) < 4.78 is 5.10. The molecule has 0 aromatic heterocycles. The third kappa shape index (κ3) is 1.59. The molecule has 1 saturated carbocycles. The molecule has 0 radical (unpaired) electrons. The van der Waals surface area contributed by atoms with Crippen LogP contribution in [-0.4, -0.2) is 13.0 Å². The zero-order valence-electron chi connectivity index (χ0n) is 8.02. The van der Waals surface area contributed by atoms with Gasteiger partial charge in [-0.15, -0.1) is 11.6 Å². The second kappa shape index (κ2) is 3.63. The summed E-state index contributed by atoms with van der Waals surface area (Å²) in [6, 6.07) is 5.93. The van der Waals surface area contributed by atoms with Crippen molar-refractivity contribution < 1.29 is 4.74 Å². The van der Waals surface area contributed by atoms with E-state index in [1.54, 1.807) is 7.11 Å². The summed E-state index contributed by atoms with van der Waals surface area (Å²) in [4.78, 5) is 0. The van der Waals surface area contributed by atoms with Gasteiger partial charge in [0.05, 0.1) is 12.1 Å². The highest BCUT2D eigenvalue weighted by atomic mass is 35.5. The van der Waals surface area contributed by atoms with E-state index in [1.807, 2.05) is 12.1 Å². The van der Waals surface area contributed by atoms with Gasteiger partial charge in [-0.1, -0.05) is 17.7 Å². The van der Waals surface area contributed by atoms with Crippen molar-refractivity contribution in [2.45, 2.75) is 18.3 Å². The zero-order valence-corrected chi connectivity index (χ0v) is 9.53. The fraction of sp³-hybridized carbons (Fsp3) is 0.455. The Bertz CT molecular complexity index is 345. The quantitative estimate of drug-likeness (QED) is 0.722. The van der Waals surface area contributed by atoms with Gasteiger partial charge in [0.15, 0.2) is 0 Å². The molecule has 1 aliphatic carbocycles. The van der Waals surface area contributed by atoms with E-state index in [1.165, 1.54) is 18.4 Å². The molecule has 0 heterocycles. The average molecular weight is 231 g/mol. The predicted molar refractivity (Wildman–Crippen MR) is 59.6 cm³/mol. The summed E-state index contributed by atoms with van der Waals surface area (Å²) in [7, 11) is 1.62. The second-order valence-corrected chi connectivity index (χ2v) is 4.44. The zero-order chi connectivity index (χ0) is 10.2. The summed E-state index contributed by atoms with van der Waals surface area (Å²) in [6.07, 6.45) is 2.33. The minimum atomic E-state index is 0.192. The average Bonchev–Trinajstić information content (AvgIpc) is 2.98. The first-order valence-corrected chi connectivity index (χ1v) is 5.53. The van der Waals surface area contributed by atoms with Gasteiger partial charge in [-0.25, -0.2) is 0 Å². The summed E-state index contributed by atoms with van der Waals surface area (Å²) in [6.45, 7) is 0. The Morgan fingerprint density at radius 3 is 2.57 bits per heavy atom. The molecule has 0 spiro atoms. The fourth-order valence-electron chi connectivity index (χ4n) is 1.65. The van der Waals surface area contributed by atoms with E-state index in [9.17, 15) is 0 Å². The van der Waals surface area contributed by atoms with Crippen molar-refractivity contribution in [3.63, 3.8) is 0 Å². The maximum atomic E-state index is 6.05. The monoisotopic (exact) mass is 230 g/mol. The van der Waals surface area contributed by atoms with Crippen LogP contribution in [0.2, 0.25) is 5.02 Å². The van der Waals surface area contributed by atoms with Crippen LogP contribution in [0.1, 0.15) is 18.4 Å². The van der Waals surface area contributed by atoms with Gasteiger partial charge in [0.2, 0.25) is 0 Å². The molecule has 0 aliphatic heterocycles. The van der Waals surface area contributed by atoms with Gasteiger partial charge in [0.25, 0.3) is 0 Å². The summed E-state index contributed by atoms with van der Waals surface area (Å²) in [5, 5.41) is 0.668. The largest absolute Gasteiger partial charge is 0.495 e. The van der Waals surface area contributed by atoms with Crippen LogP contribution < -0.4 is 4.74 Å². The first-order chi connectivity index (χ1) is 6.72. The van der Waals surface area contributed by atoms with Crippen molar-refractivity contribution in [2.75, 3.05) is 13.0 Å². The van der Waals surface area contributed by atoms with E-state index in [0.29, 0.717) is 10.9 Å². The van der Waals surface area contributed by atoms with Crippen LogP contribution in [0, 0.1) is 0 Å². The van der Waals surface area contributed by atoms with Crippen LogP contribution in [-0.2, 0) is 5.41 Å². The van der Waals surface area contributed by atoms with Gasteiger partial charge in [0.1, 0.15) is 5.75 Å². The number of halogens is 2. The van der Waals surface area contributed by atoms with Crippen molar-refractivity contribution in [2.24, 2.45) is 0 Å². The van der Waals surface area contributed by atoms with Crippen molar-refractivity contribution in [1.29, 1.82) is 0 Å². The van der Waals surface area contributed by atoms with Gasteiger partial charge in [-0.3, -0.25) is 0 Å². The van der Waals surface area contributed by atoms with Gasteiger partial charge in [-0.05, 0) is 30.5 Å². The molecular formula is C11H12Cl2O. The molecule has 0 saturated heterocycles. The fourth-order valence-corrected chi connectivity index (χ4v) is 2.33.